The minimum Gasteiger partial charge on any atom is -0.351 e. The Morgan fingerprint density at radius 1 is 1.33 bits per heavy atom. The summed E-state index contributed by atoms with van der Waals surface area (Å²) in [5.41, 5.74) is 0.0565. The van der Waals surface area contributed by atoms with Crippen molar-refractivity contribution in [1.29, 1.82) is 0 Å². The van der Waals surface area contributed by atoms with Crippen molar-refractivity contribution in [2.24, 2.45) is 11.3 Å². The quantitative estimate of drug-likeness (QED) is 0.876. The molecule has 0 aliphatic heterocycles. The molecule has 18 heavy (non-hydrogen) atoms. The maximum atomic E-state index is 13.4. The third-order valence-corrected chi connectivity index (χ3v) is 4.13. The Balaban J connectivity index is 1.66. The minimum absolute atomic E-state index is 0.207. The summed E-state index contributed by atoms with van der Waals surface area (Å²) >= 11 is 0. The Morgan fingerprint density at radius 2 is 2.06 bits per heavy atom. The van der Waals surface area contributed by atoms with Gasteiger partial charge in [0.05, 0.1) is 5.56 Å². The van der Waals surface area contributed by atoms with Crippen molar-refractivity contribution < 1.29 is 13.6 Å². The summed E-state index contributed by atoms with van der Waals surface area (Å²) < 4.78 is 26.4. The Morgan fingerprint density at radius 3 is 2.67 bits per heavy atom. The van der Waals surface area contributed by atoms with Gasteiger partial charge >= 0.3 is 0 Å². The van der Waals surface area contributed by atoms with Gasteiger partial charge < -0.3 is 5.32 Å². The van der Waals surface area contributed by atoms with Gasteiger partial charge in [-0.1, -0.05) is 6.07 Å². The van der Waals surface area contributed by atoms with Crippen LogP contribution in [0, 0.1) is 23.0 Å². The van der Waals surface area contributed by atoms with Gasteiger partial charge in [0.1, 0.15) is 0 Å². The van der Waals surface area contributed by atoms with Gasteiger partial charge in [0.15, 0.2) is 11.6 Å². The van der Waals surface area contributed by atoms with E-state index in [4.69, 9.17) is 0 Å². The predicted molar refractivity (Wildman–Crippen MR) is 63.1 cm³/mol. The van der Waals surface area contributed by atoms with E-state index in [2.05, 4.69) is 5.32 Å². The van der Waals surface area contributed by atoms with Gasteiger partial charge in [0, 0.05) is 6.54 Å². The van der Waals surface area contributed by atoms with Gasteiger partial charge in [0.2, 0.25) is 0 Å². The Bertz CT molecular complexity index is 493. The van der Waals surface area contributed by atoms with Crippen LogP contribution in [0.1, 0.15) is 36.0 Å². The predicted octanol–water partition coefficient (Wildman–Crippen LogP) is 2.88. The number of rotatable bonds is 4. The zero-order chi connectivity index (χ0) is 12.8. The van der Waals surface area contributed by atoms with E-state index in [-0.39, 0.29) is 11.0 Å². The molecule has 4 heteroatoms. The SMILES string of the molecule is O=C(NCC1(C2CC2)CC1)c1cccc(F)c1F. The summed E-state index contributed by atoms with van der Waals surface area (Å²) in [6.07, 6.45) is 4.77. The maximum absolute atomic E-state index is 13.4. The van der Waals surface area contributed by atoms with Crippen molar-refractivity contribution in [1.82, 2.24) is 5.32 Å². The summed E-state index contributed by atoms with van der Waals surface area (Å²) in [6, 6.07) is 3.67. The number of benzene rings is 1. The van der Waals surface area contributed by atoms with Crippen molar-refractivity contribution in [2.45, 2.75) is 25.7 Å². The van der Waals surface area contributed by atoms with E-state index in [1.165, 1.54) is 25.0 Å². The highest BCUT2D eigenvalue weighted by Crippen LogP contribution is 2.60. The molecule has 2 aliphatic carbocycles. The fourth-order valence-electron chi connectivity index (χ4n) is 2.62. The van der Waals surface area contributed by atoms with Crippen LogP contribution in [0.5, 0.6) is 0 Å². The first-order chi connectivity index (χ1) is 8.62. The normalized spacial score (nSPS) is 20.6. The number of hydrogen-bond donors (Lipinski definition) is 1. The second-order valence-electron chi connectivity index (χ2n) is 5.42. The molecule has 2 saturated carbocycles. The standard InChI is InChI=1S/C14H15F2NO/c15-11-3-1-2-10(12(11)16)13(18)17-8-14(6-7-14)9-4-5-9/h1-3,9H,4-8H2,(H,17,18). The van der Waals surface area contributed by atoms with Crippen LogP contribution >= 0.6 is 0 Å². The molecular weight excluding hydrogens is 236 g/mol. The molecule has 0 unspecified atom stereocenters. The average Bonchev–Trinajstić information content (AvgIpc) is 3.22. The molecule has 0 saturated heterocycles. The van der Waals surface area contributed by atoms with E-state index >= 15 is 0 Å². The number of carbonyl (C=O) groups is 1. The van der Waals surface area contributed by atoms with Crippen molar-refractivity contribution in [3.63, 3.8) is 0 Å². The molecule has 2 fully saturated rings. The van der Waals surface area contributed by atoms with Crippen molar-refractivity contribution in [2.75, 3.05) is 6.54 Å². The Hall–Kier alpha value is -1.45. The van der Waals surface area contributed by atoms with Gasteiger partial charge in [-0.25, -0.2) is 8.78 Å². The van der Waals surface area contributed by atoms with Gasteiger partial charge in [-0.05, 0) is 49.1 Å². The third-order valence-electron chi connectivity index (χ3n) is 4.13. The molecule has 0 spiro atoms. The second kappa shape index (κ2) is 4.04. The van der Waals surface area contributed by atoms with Gasteiger partial charge in [-0.3, -0.25) is 4.79 Å². The maximum Gasteiger partial charge on any atom is 0.254 e. The number of nitrogens with one attached hydrogen (secondary N) is 1. The number of halogens is 2. The summed E-state index contributed by atoms with van der Waals surface area (Å²) in [4.78, 5) is 11.8. The second-order valence-corrected chi connectivity index (χ2v) is 5.42. The van der Waals surface area contributed by atoms with Crippen LogP contribution in [0.3, 0.4) is 0 Å². The highest BCUT2D eigenvalue weighted by molar-refractivity contribution is 5.94. The summed E-state index contributed by atoms with van der Waals surface area (Å²) in [5.74, 6) is -1.83. The van der Waals surface area contributed by atoms with E-state index in [0.29, 0.717) is 6.54 Å². The van der Waals surface area contributed by atoms with Crippen molar-refractivity contribution in [3.8, 4) is 0 Å². The fraction of sp³-hybridized carbons (Fsp3) is 0.500. The van der Waals surface area contributed by atoms with E-state index in [0.717, 1.165) is 24.8 Å². The average molecular weight is 251 g/mol. The molecule has 1 aromatic rings. The van der Waals surface area contributed by atoms with Crippen LogP contribution in [0.25, 0.3) is 0 Å². The lowest BCUT2D eigenvalue weighted by molar-refractivity contribution is 0.0937. The third kappa shape index (κ3) is 2.00. The van der Waals surface area contributed by atoms with Crippen LogP contribution in [0.4, 0.5) is 8.78 Å². The number of hydrogen-bond acceptors (Lipinski definition) is 1. The van der Waals surface area contributed by atoms with Gasteiger partial charge in [0.25, 0.3) is 5.91 Å². The van der Waals surface area contributed by atoms with Gasteiger partial charge in [-0.2, -0.15) is 0 Å². The topological polar surface area (TPSA) is 29.1 Å². The summed E-state index contributed by atoms with van der Waals surface area (Å²) in [7, 11) is 0. The molecule has 0 bridgehead atoms. The first-order valence-electron chi connectivity index (χ1n) is 6.35. The monoisotopic (exact) mass is 251 g/mol. The first-order valence-corrected chi connectivity index (χ1v) is 6.35. The molecule has 2 nitrogen and oxygen atoms in total. The van der Waals surface area contributed by atoms with Crippen LogP contribution in [0.2, 0.25) is 0 Å². The van der Waals surface area contributed by atoms with E-state index in [1.807, 2.05) is 0 Å². The van der Waals surface area contributed by atoms with Crippen molar-refractivity contribution >= 4 is 5.91 Å². The Kier molecular flexibility index (Phi) is 2.61. The molecule has 1 N–H and O–H groups in total. The fourth-order valence-corrected chi connectivity index (χ4v) is 2.62. The Labute approximate surface area is 104 Å². The molecule has 2 aliphatic rings. The molecule has 0 atom stereocenters. The van der Waals surface area contributed by atoms with Crippen molar-refractivity contribution in [3.05, 3.63) is 35.4 Å². The molecule has 1 amide bonds. The van der Waals surface area contributed by atoms with Crippen LogP contribution in [-0.2, 0) is 0 Å². The lowest BCUT2D eigenvalue weighted by atomic mass is 10.0. The van der Waals surface area contributed by atoms with E-state index in [1.54, 1.807) is 0 Å². The molecular formula is C14H15F2NO. The highest BCUT2D eigenvalue weighted by Gasteiger charge is 2.53. The zero-order valence-corrected chi connectivity index (χ0v) is 10.0. The number of amides is 1. The molecule has 96 valence electrons. The summed E-state index contributed by atoms with van der Waals surface area (Å²) in [5, 5.41) is 2.75. The zero-order valence-electron chi connectivity index (χ0n) is 10.0. The number of carbonyl (C=O) groups excluding carboxylic acids is 1. The molecule has 1 aromatic carbocycles. The molecule has 0 aromatic heterocycles. The molecule has 0 heterocycles. The summed E-state index contributed by atoms with van der Waals surface area (Å²) in [6.45, 7) is 0.590. The van der Waals surface area contributed by atoms with Crippen LogP contribution in [-0.4, -0.2) is 12.5 Å². The molecule has 3 rings (SSSR count). The largest absolute Gasteiger partial charge is 0.351 e. The molecule has 0 radical (unpaired) electrons. The van der Waals surface area contributed by atoms with Crippen LogP contribution < -0.4 is 5.32 Å². The first kappa shape index (κ1) is 11.6. The minimum atomic E-state index is -1.06. The smallest absolute Gasteiger partial charge is 0.254 e. The highest BCUT2D eigenvalue weighted by atomic mass is 19.2. The van der Waals surface area contributed by atoms with Crippen LogP contribution in [0.15, 0.2) is 18.2 Å². The van der Waals surface area contributed by atoms with E-state index < -0.39 is 17.5 Å². The van der Waals surface area contributed by atoms with E-state index in [9.17, 15) is 13.6 Å². The van der Waals surface area contributed by atoms with Gasteiger partial charge in [-0.15, -0.1) is 0 Å². The lowest BCUT2D eigenvalue weighted by Gasteiger charge is -2.15. The lowest BCUT2D eigenvalue weighted by Crippen LogP contribution is -2.31.